The molecule has 6 heteroatoms. The van der Waals surface area contributed by atoms with Crippen LogP contribution in [0.3, 0.4) is 0 Å². The molecule has 0 radical (unpaired) electrons. The SMILES string of the molecule is CC(C(=O)O)c1nc(-c2ccc(F)c(F)c2)cs1. The van der Waals surface area contributed by atoms with E-state index >= 15 is 0 Å². The van der Waals surface area contributed by atoms with E-state index in [0.717, 1.165) is 12.1 Å². The Bertz CT molecular complexity index is 598. The Kier molecular flexibility index (Phi) is 3.38. The second-order valence-electron chi connectivity index (χ2n) is 3.76. The standard InChI is InChI=1S/C12H9F2NO2S/c1-6(12(16)17)11-15-10(5-18-11)7-2-3-8(13)9(14)4-7/h2-6H,1H3,(H,16,17). The van der Waals surface area contributed by atoms with Crippen molar-refractivity contribution in [1.82, 2.24) is 4.98 Å². The van der Waals surface area contributed by atoms with Crippen LogP contribution in [0, 0.1) is 11.6 Å². The van der Waals surface area contributed by atoms with Gasteiger partial charge in [-0.2, -0.15) is 0 Å². The zero-order valence-electron chi connectivity index (χ0n) is 9.35. The topological polar surface area (TPSA) is 50.2 Å². The third-order valence-corrected chi connectivity index (χ3v) is 3.51. The molecular formula is C12H9F2NO2S. The van der Waals surface area contributed by atoms with E-state index in [1.54, 1.807) is 5.38 Å². The summed E-state index contributed by atoms with van der Waals surface area (Å²) in [7, 11) is 0. The first kappa shape index (κ1) is 12.6. The van der Waals surface area contributed by atoms with Crippen LogP contribution in [-0.4, -0.2) is 16.1 Å². The maximum absolute atomic E-state index is 13.1. The van der Waals surface area contributed by atoms with Crippen LogP contribution in [0.5, 0.6) is 0 Å². The largest absolute Gasteiger partial charge is 0.481 e. The molecule has 1 heterocycles. The van der Waals surface area contributed by atoms with Crippen LogP contribution in [0.1, 0.15) is 17.8 Å². The van der Waals surface area contributed by atoms with Gasteiger partial charge in [0.2, 0.25) is 0 Å². The lowest BCUT2D eigenvalue weighted by Crippen LogP contribution is -2.06. The van der Waals surface area contributed by atoms with Gasteiger partial charge >= 0.3 is 5.97 Å². The van der Waals surface area contributed by atoms with Crippen LogP contribution in [0.15, 0.2) is 23.6 Å². The molecule has 0 saturated heterocycles. The third kappa shape index (κ3) is 2.38. The highest BCUT2D eigenvalue weighted by molar-refractivity contribution is 7.10. The van der Waals surface area contributed by atoms with Crippen molar-refractivity contribution in [3.63, 3.8) is 0 Å². The number of halogens is 2. The van der Waals surface area contributed by atoms with E-state index in [-0.39, 0.29) is 0 Å². The summed E-state index contributed by atoms with van der Waals surface area (Å²) in [5.41, 5.74) is 0.871. The van der Waals surface area contributed by atoms with Gasteiger partial charge in [-0.3, -0.25) is 4.79 Å². The van der Waals surface area contributed by atoms with Crippen LogP contribution in [0.4, 0.5) is 8.78 Å². The molecule has 1 aromatic heterocycles. The van der Waals surface area contributed by atoms with E-state index in [2.05, 4.69) is 4.98 Å². The molecule has 1 unspecified atom stereocenters. The van der Waals surface area contributed by atoms with Gasteiger partial charge < -0.3 is 5.11 Å². The monoisotopic (exact) mass is 269 g/mol. The number of hydrogen-bond acceptors (Lipinski definition) is 3. The molecule has 1 atom stereocenters. The molecular weight excluding hydrogens is 260 g/mol. The average Bonchev–Trinajstić information content (AvgIpc) is 2.81. The second kappa shape index (κ2) is 4.81. The molecule has 3 nitrogen and oxygen atoms in total. The molecule has 0 aliphatic rings. The number of nitrogens with zero attached hydrogens (tertiary/aromatic N) is 1. The molecule has 2 aromatic rings. The number of rotatable bonds is 3. The first-order chi connectivity index (χ1) is 8.49. The Hall–Kier alpha value is -1.82. The van der Waals surface area contributed by atoms with Crippen LogP contribution >= 0.6 is 11.3 Å². The Labute approximate surface area is 106 Å². The van der Waals surface area contributed by atoms with Gasteiger partial charge in [-0.25, -0.2) is 13.8 Å². The zero-order valence-corrected chi connectivity index (χ0v) is 10.2. The van der Waals surface area contributed by atoms with E-state index in [1.165, 1.54) is 24.3 Å². The lowest BCUT2D eigenvalue weighted by Gasteiger charge is -2.00. The summed E-state index contributed by atoms with van der Waals surface area (Å²) in [4.78, 5) is 14.9. The predicted octanol–water partition coefficient (Wildman–Crippen LogP) is 3.28. The molecule has 0 amide bonds. The van der Waals surface area contributed by atoms with Crippen LogP contribution in [-0.2, 0) is 4.79 Å². The summed E-state index contributed by atoms with van der Waals surface area (Å²) < 4.78 is 25.8. The Balaban J connectivity index is 2.35. The maximum atomic E-state index is 13.1. The second-order valence-corrected chi connectivity index (χ2v) is 4.65. The number of aromatic nitrogens is 1. The fourth-order valence-corrected chi connectivity index (χ4v) is 2.26. The predicted molar refractivity (Wildman–Crippen MR) is 63.5 cm³/mol. The van der Waals surface area contributed by atoms with Gasteiger partial charge in [0.15, 0.2) is 11.6 Å². The van der Waals surface area contributed by atoms with E-state index in [0.29, 0.717) is 16.3 Å². The van der Waals surface area contributed by atoms with Crippen molar-refractivity contribution in [3.8, 4) is 11.3 Å². The third-order valence-electron chi connectivity index (χ3n) is 2.48. The van der Waals surface area contributed by atoms with Gasteiger partial charge in [0, 0.05) is 10.9 Å². The molecule has 18 heavy (non-hydrogen) atoms. The molecule has 0 aliphatic heterocycles. The lowest BCUT2D eigenvalue weighted by molar-refractivity contribution is -0.138. The van der Waals surface area contributed by atoms with Crippen LogP contribution in [0.25, 0.3) is 11.3 Å². The normalized spacial score (nSPS) is 12.4. The number of carboxylic acids is 1. The van der Waals surface area contributed by atoms with Gasteiger partial charge in [-0.1, -0.05) is 0 Å². The number of carboxylic acid groups (broad SMARTS) is 1. The van der Waals surface area contributed by atoms with E-state index in [4.69, 9.17) is 5.11 Å². The van der Waals surface area contributed by atoms with Crippen molar-refractivity contribution in [2.24, 2.45) is 0 Å². The van der Waals surface area contributed by atoms with Crippen LogP contribution < -0.4 is 0 Å². The van der Waals surface area contributed by atoms with Gasteiger partial charge in [-0.15, -0.1) is 11.3 Å². The Morgan fingerprint density at radius 2 is 2.11 bits per heavy atom. The number of hydrogen-bond donors (Lipinski definition) is 1. The smallest absolute Gasteiger partial charge is 0.313 e. The van der Waals surface area contributed by atoms with Gasteiger partial charge in [0.05, 0.1) is 5.69 Å². The van der Waals surface area contributed by atoms with E-state index < -0.39 is 23.5 Å². The molecule has 0 bridgehead atoms. The fourth-order valence-electron chi connectivity index (χ4n) is 1.38. The minimum Gasteiger partial charge on any atom is -0.481 e. The summed E-state index contributed by atoms with van der Waals surface area (Å²) in [6.07, 6.45) is 0. The fraction of sp³-hybridized carbons (Fsp3) is 0.167. The van der Waals surface area contributed by atoms with E-state index in [1.807, 2.05) is 0 Å². The van der Waals surface area contributed by atoms with Gasteiger partial charge in [0.25, 0.3) is 0 Å². The number of benzene rings is 1. The van der Waals surface area contributed by atoms with Gasteiger partial charge in [0.1, 0.15) is 10.9 Å². The zero-order chi connectivity index (χ0) is 13.3. The molecule has 0 saturated carbocycles. The first-order valence-electron chi connectivity index (χ1n) is 5.12. The lowest BCUT2D eigenvalue weighted by atomic mass is 10.1. The van der Waals surface area contributed by atoms with Crippen molar-refractivity contribution >= 4 is 17.3 Å². The Morgan fingerprint density at radius 3 is 2.72 bits per heavy atom. The molecule has 0 fully saturated rings. The number of carbonyl (C=O) groups is 1. The first-order valence-corrected chi connectivity index (χ1v) is 6.00. The van der Waals surface area contributed by atoms with Crippen molar-refractivity contribution in [2.75, 3.05) is 0 Å². The van der Waals surface area contributed by atoms with Crippen molar-refractivity contribution in [2.45, 2.75) is 12.8 Å². The van der Waals surface area contributed by atoms with Crippen molar-refractivity contribution < 1.29 is 18.7 Å². The average molecular weight is 269 g/mol. The van der Waals surface area contributed by atoms with Crippen LogP contribution in [0.2, 0.25) is 0 Å². The summed E-state index contributed by atoms with van der Waals surface area (Å²) in [6, 6.07) is 3.46. The van der Waals surface area contributed by atoms with Crippen molar-refractivity contribution in [3.05, 3.63) is 40.2 Å². The molecule has 1 aromatic carbocycles. The highest BCUT2D eigenvalue weighted by Crippen LogP contribution is 2.27. The number of thiazole rings is 1. The van der Waals surface area contributed by atoms with E-state index in [9.17, 15) is 13.6 Å². The molecule has 0 spiro atoms. The minimum absolute atomic E-state index is 0.425. The number of aliphatic carboxylic acids is 1. The minimum atomic E-state index is -0.971. The maximum Gasteiger partial charge on any atom is 0.313 e. The molecule has 0 aliphatic carbocycles. The summed E-state index contributed by atoms with van der Waals surface area (Å²) >= 11 is 1.18. The highest BCUT2D eigenvalue weighted by Gasteiger charge is 2.18. The highest BCUT2D eigenvalue weighted by atomic mass is 32.1. The summed E-state index contributed by atoms with van der Waals surface area (Å²) in [6.45, 7) is 1.52. The quantitative estimate of drug-likeness (QED) is 0.930. The van der Waals surface area contributed by atoms with Gasteiger partial charge in [-0.05, 0) is 25.1 Å². The molecule has 2 rings (SSSR count). The molecule has 1 N–H and O–H groups in total. The van der Waals surface area contributed by atoms with Crippen molar-refractivity contribution in [1.29, 1.82) is 0 Å². The summed E-state index contributed by atoms with van der Waals surface area (Å²) in [5.74, 6) is -3.56. The Morgan fingerprint density at radius 1 is 1.39 bits per heavy atom. The summed E-state index contributed by atoms with van der Waals surface area (Å²) in [5, 5.41) is 10.9. The molecule has 94 valence electrons.